The highest BCUT2D eigenvalue weighted by Crippen LogP contribution is 2.37. The van der Waals surface area contributed by atoms with Gasteiger partial charge in [0.25, 0.3) is 11.8 Å². The van der Waals surface area contributed by atoms with Gasteiger partial charge in [0, 0.05) is 10.8 Å². The summed E-state index contributed by atoms with van der Waals surface area (Å²) >= 11 is 0. The van der Waals surface area contributed by atoms with Crippen LogP contribution in [0.25, 0.3) is 27.5 Å². The smallest absolute Gasteiger partial charge is 0.268 e. The Kier molecular flexibility index (Phi) is 3.77. The number of amides is 2. The SMILES string of the molecule is N#Cc1ccc2c3ccccc3n(-c3cccc4c3C(=O)N(c3ccccc3)C4=O)c2c1. The van der Waals surface area contributed by atoms with Crippen LogP contribution in [0.5, 0.6) is 0 Å². The summed E-state index contributed by atoms with van der Waals surface area (Å²) in [7, 11) is 0. The van der Waals surface area contributed by atoms with Gasteiger partial charge >= 0.3 is 0 Å². The molecule has 4 aromatic carbocycles. The number of rotatable bonds is 2. The largest absolute Gasteiger partial charge is 0.308 e. The Balaban J connectivity index is 1.68. The molecule has 150 valence electrons. The summed E-state index contributed by atoms with van der Waals surface area (Å²) in [4.78, 5) is 28.0. The molecule has 0 N–H and O–H groups in total. The number of fused-ring (bicyclic) bond motifs is 4. The number of imide groups is 1. The van der Waals surface area contributed by atoms with Crippen molar-refractivity contribution in [3.8, 4) is 11.8 Å². The normalized spacial score (nSPS) is 13.0. The van der Waals surface area contributed by atoms with E-state index < -0.39 is 0 Å². The van der Waals surface area contributed by atoms with E-state index in [9.17, 15) is 14.9 Å². The van der Waals surface area contributed by atoms with E-state index in [-0.39, 0.29) is 11.8 Å². The predicted molar refractivity (Wildman–Crippen MR) is 123 cm³/mol. The van der Waals surface area contributed by atoms with Crippen LogP contribution in [0.2, 0.25) is 0 Å². The molecule has 0 unspecified atom stereocenters. The first-order chi connectivity index (χ1) is 15.7. The minimum absolute atomic E-state index is 0.337. The zero-order chi connectivity index (χ0) is 21.8. The summed E-state index contributed by atoms with van der Waals surface area (Å²) in [5.41, 5.74) is 4.16. The van der Waals surface area contributed by atoms with Crippen LogP contribution in [0.15, 0.2) is 91.0 Å². The summed E-state index contributed by atoms with van der Waals surface area (Å²) in [6, 6.07) is 29.9. The number of anilines is 1. The van der Waals surface area contributed by atoms with Crippen LogP contribution in [0.4, 0.5) is 5.69 Å². The molecule has 0 saturated carbocycles. The Bertz CT molecular complexity index is 1620. The number of nitriles is 1. The molecule has 5 heteroatoms. The summed E-state index contributed by atoms with van der Waals surface area (Å²) in [6.45, 7) is 0. The fourth-order valence-electron chi connectivity index (χ4n) is 4.57. The van der Waals surface area contributed by atoms with E-state index in [2.05, 4.69) is 6.07 Å². The molecule has 0 aliphatic carbocycles. The lowest BCUT2D eigenvalue weighted by Gasteiger charge is -2.14. The van der Waals surface area contributed by atoms with E-state index in [0.29, 0.717) is 28.1 Å². The minimum atomic E-state index is -0.353. The molecule has 0 saturated heterocycles. The molecule has 2 heterocycles. The van der Waals surface area contributed by atoms with Crippen LogP contribution in [-0.2, 0) is 0 Å². The van der Waals surface area contributed by atoms with Crippen molar-refractivity contribution in [2.24, 2.45) is 0 Å². The van der Waals surface area contributed by atoms with E-state index in [4.69, 9.17) is 0 Å². The van der Waals surface area contributed by atoms with Crippen LogP contribution in [0.1, 0.15) is 26.3 Å². The first-order valence-electron chi connectivity index (χ1n) is 10.2. The first kappa shape index (κ1) is 18.1. The number of hydrogen-bond donors (Lipinski definition) is 0. The monoisotopic (exact) mass is 413 g/mol. The average molecular weight is 413 g/mol. The second-order valence-electron chi connectivity index (χ2n) is 7.68. The Labute approximate surface area is 183 Å². The molecule has 0 radical (unpaired) electrons. The third-order valence-corrected chi connectivity index (χ3v) is 5.95. The third-order valence-electron chi connectivity index (χ3n) is 5.95. The van der Waals surface area contributed by atoms with Crippen molar-refractivity contribution in [2.45, 2.75) is 0 Å². The molecular weight excluding hydrogens is 398 g/mol. The standard InChI is InChI=1S/C27H15N3O2/c28-16-17-13-14-20-19-9-4-5-11-22(19)30(24(20)15-17)23-12-6-10-21-25(23)27(32)29(26(21)31)18-7-2-1-3-8-18/h1-15H. The van der Waals surface area contributed by atoms with Crippen molar-refractivity contribution < 1.29 is 9.59 Å². The number of para-hydroxylation sites is 2. The van der Waals surface area contributed by atoms with Crippen molar-refractivity contribution in [2.75, 3.05) is 4.90 Å². The summed E-state index contributed by atoms with van der Waals surface area (Å²) < 4.78 is 1.98. The van der Waals surface area contributed by atoms with Crippen LogP contribution in [-0.4, -0.2) is 16.4 Å². The molecule has 0 spiro atoms. The van der Waals surface area contributed by atoms with E-state index in [1.54, 1.807) is 42.5 Å². The van der Waals surface area contributed by atoms with Crippen LogP contribution < -0.4 is 4.90 Å². The number of carbonyl (C=O) groups excluding carboxylic acids is 2. The van der Waals surface area contributed by atoms with Gasteiger partial charge in [0.05, 0.1) is 45.2 Å². The lowest BCUT2D eigenvalue weighted by molar-refractivity contribution is 0.0926. The molecule has 1 aliphatic rings. The van der Waals surface area contributed by atoms with Crippen molar-refractivity contribution in [1.82, 2.24) is 4.57 Å². The van der Waals surface area contributed by atoms with E-state index in [0.717, 1.165) is 21.8 Å². The lowest BCUT2D eigenvalue weighted by Crippen LogP contribution is -2.29. The van der Waals surface area contributed by atoms with Gasteiger partial charge in [0.2, 0.25) is 0 Å². The fourth-order valence-corrected chi connectivity index (χ4v) is 4.57. The molecule has 5 nitrogen and oxygen atoms in total. The number of aromatic nitrogens is 1. The van der Waals surface area contributed by atoms with Gasteiger partial charge in [-0.15, -0.1) is 0 Å². The van der Waals surface area contributed by atoms with Gasteiger partial charge in [-0.05, 0) is 42.5 Å². The predicted octanol–water partition coefficient (Wildman–Crippen LogP) is 5.46. The van der Waals surface area contributed by atoms with Crippen molar-refractivity contribution in [3.63, 3.8) is 0 Å². The van der Waals surface area contributed by atoms with Gasteiger partial charge in [0.1, 0.15) is 0 Å². The second-order valence-corrected chi connectivity index (χ2v) is 7.68. The van der Waals surface area contributed by atoms with Gasteiger partial charge < -0.3 is 4.57 Å². The molecular formula is C27H15N3O2. The van der Waals surface area contributed by atoms with E-state index in [1.807, 2.05) is 53.1 Å². The summed E-state index contributed by atoms with van der Waals surface area (Å²) in [5.74, 6) is -0.689. The Morgan fingerprint density at radius 2 is 1.44 bits per heavy atom. The second kappa shape index (κ2) is 6.66. The zero-order valence-corrected chi connectivity index (χ0v) is 16.8. The maximum absolute atomic E-state index is 13.6. The van der Waals surface area contributed by atoms with Gasteiger partial charge in [-0.2, -0.15) is 5.26 Å². The number of nitrogens with zero attached hydrogens (tertiary/aromatic N) is 3. The van der Waals surface area contributed by atoms with Crippen molar-refractivity contribution >= 4 is 39.3 Å². The minimum Gasteiger partial charge on any atom is -0.308 e. The number of benzene rings is 4. The maximum atomic E-state index is 13.6. The highest BCUT2D eigenvalue weighted by atomic mass is 16.2. The fraction of sp³-hybridized carbons (Fsp3) is 0. The van der Waals surface area contributed by atoms with E-state index in [1.165, 1.54) is 4.90 Å². The Morgan fingerprint density at radius 1 is 0.688 bits per heavy atom. The van der Waals surface area contributed by atoms with Gasteiger partial charge in [-0.1, -0.05) is 48.5 Å². The van der Waals surface area contributed by atoms with Crippen LogP contribution >= 0.6 is 0 Å². The van der Waals surface area contributed by atoms with Gasteiger partial charge in [-0.3, -0.25) is 9.59 Å². The van der Waals surface area contributed by atoms with Crippen molar-refractivity contribution in [3.05, 3.63) is 108 Å². The Hall–Kier alpha value is -4.69. The molecule has 0 bridgehead atoms. The van der Waals surface area contributed by atoms with Gasteiger partial charge in [-0.25, -0.2) is 4.90 Å². The van der Waals surface area contributed by atoms with Crippen molar-refractivity contribution in [1.29, 1.82) is 5.26 Å². The highest BCUT2D eigenvalue weighted by Gasteiger charge is 2.39. The molecule has 0 fully saturated rings. The topological polar surface area (TPSA) is 66.1 Å². The molecule has 6 rings (SSSR count). The summed E-state index contributed by atoms with van der Waals surface area (Å²) in [6.07, 6.45) is 0. The molecule has 5 aromatic rings. The molecule has 32 heavy (non-hydrogen) atoms. The zero-order valence-electron chi connectivity index (χ0n) is 16.8. The molecule has 0 atom stereocenters. The first-order valence-corrected chi connectivity index (χ1v) is 10.2. The Morgan fingerprint density at radius 3 is 2.25 bits per heavy atom. The lowest BCUT2D eigenvalue weighted by atomic mass is 10.1. The van der Waals surface area contributed by atoms with Gasteiger partial charge in [0.15, 0.2) is 0 Å². The molecule has 2 amide bonds. The quantitative estimate of drug-likeness (QED) is 0.361. The molecule has 1 aliphatic heterocycles. The summed E-state index contributed by atoms with van der Waals surface area (Å²) in [5, 5.41) is 11.5. The third kappa shape index (κ3) is 2.38. The van der Waals surface area contributed by atoms with Crippen LogP contribution in [0.3, 0.4) is 0 Å². The number of carbonyl (C=O) groups is 2. The molecule has 1 aromatic heterocycles. The van der Waals surface area contributed by atoms with Crippen LogP contribution in [0, 0.1) is 11.3 Å². The highest BCUT2D eigenvalue weighted by molar-refractivity contribution is 6.35. The average Bonchev–Trinajstić information content (AvgIpc) is 3.30. The maximum Gasteiger partial charge on any atom is 0.268 e. The van der Waals surface area contributed by atoms with E-state index >= 15 is 0 Å². The number of hydrogen-bond acceptors (Lipinski definition) is 3.